The van der Waals surface area contributed by atoms with Crippen LogP contribution in [0, 0.1) is 0 Å². The fourth-order valence-corrected chi connectivity index (χ4v) is 2.34. The van der Waals surface area contributed by atoms with Crippen LogP contribution in [0.15, 0.2) is 24.3 Å². The predicted octanol–water partition coefficient (Wildman–Crippen LogP) is 3.80. The largest absolute Gasteiger partial charge is 0.444 e. The Balaban J connectivity index is 2.64. The zero-order chi connectivity index (χ0) is 21.4. The highest BCUT2D eigenvalue weighted by Crippen LogP contribution is 2.14. The summed E-state index contributed by atoms with van der Waals surface area (Å²) in [6.45, 7) is 12.7. The van der Waals surface area contributed by atoms with Gasteiger partial charge < -0.3 is 25.4 Å². The molecule has 0 fully saturated rings. The van der Waals surface area contributed by atoms with Crippen LogP contribution in [-0.4, -0.2) is 41.4 Å². The summed E-state index contributed by atoms with van der Waals surface area (Å²) >= 11 is 0. The average molecular weight is 394 g/mol. The van der Waals surface area contributed by atoms with E-state index < -0.39 is 17.3 Å². The summed E-state index contributed by atoms with van der Waals surface area (Å²) in [7, 11) is 0. The van der Waals surface area contributed by atoms with Crippen LogP contribution in [0.1, 0.15) is 59.1 Å². The van der Waals surface area contributed by atoms with Crippen molar-refractivity contribution in [1.29, 1.82) is 0 Å². The zero-order valence-electron chi connectivity index (χ0n) is 18.0. The molecular formula is C21H35N3O4. The maximum Gasteiger partial charge on any atom is 0.410 e. The van der Waals surface area contributed by atoms with E-state index in [9.17, 15) is 9.59 Å². The number of carbonyl (C=O) groups is 2. The lowest BCUT2D eigenvalue weighted by molar-refractivity contribution is 0.0231. The number of rotatable bonds is 7. The summed E-state index contributed by atoms with van der Waals surface area (Å²) in [5, 5.41) is 2.71. The second-order valence-electron chi connectivity index (χ2n) is 8.70. The van der Waals surface area contributed by atoms with Crippen molar-refractivity contribution in [3.63, 3.8) is 0 Å². The first kappa shape index (κ1) is 23.8. The number of nitrogens with two attached hydrogens (primary N) is 1. The van der Waals surface area contributed by atoms with Crippen molar-refractivity contribution in [2.24, 2.45) is 5.73 Å². The molecule has 0 spiro atoms. The van der Waals surface area contributed by atoms with Gasteiger partial charge in [0.15, 0.2) is 0 Å². The summed E-state index contributed by atoms with van der Waals surface area (Å²) in [5.41, 5.74) is 6.54. The molecule has 0 aliphatic heterocycles. The van der Waals surface area contributed by atoms with Crippen molar-refractivity contribution >= 4 is 12.2 Å². The van der Waals surface area contributed by atoms with E-state index in [0.29, 0.717) is 32.6 Å². The summed E-state index contributed by atoms with van der Waals surface area (Å²) < 4.78 is 10.7. The van der Waals surface area contributed by atoms with Crippen LogP contribution in [-0.2, 0) is 22.6 Å². The molecule has 0 aliphatic carbocycles. The highest BCUT2D eigenvalue weighted by atomic mass is 16.6. The Labute approximate surface area is 168 Å². The number of ether oxygens (including phenoxy) is 2. The topological polar surface area (TPSA) is 93.9 Å². The lowest BCUT2D eigenvalue weighted by Gasteiger charge is -2.27. The van der Waals surface area contributed by atoms with Crippen molar-refractivity contribution in [2.75, 3.05) is 13.1 Å². The van der Waals surface area contributed by atoms with Gasteiger partial charge in [0.2, 0.25) is 0 Å². The van der Waals surface area contributed by atoms with E-state index in [1.54, 1.807) is 4.90 Å². The second kappa shape index (κ2) is 10.3. The van der Waals surface area contributed by atoms with E-state index in [4.69, 9.17) is 15.2 Å². The molecule has 28 heavy (non-hydrogen) atoms. The van der Waals surface area contributed by atoms with Crippen LogP contribution in [0.5, 0.6) is 0 Å². The SMILES string of the molecule is CC(C)(C)OC(=O)NCCCN(Cc1ccc(CN)cc1)C(=O)OC(C)(C)C. The Bertz CT molecular complexity index is 631. The molecule has 0 bridgehead atoms. The number of nitrogens with one attached hydrogen (secondary N) is 1. The van der Waals surface area contributed by atoms with Gasteiger partial charge >= 0.3 is 12.2 Å². The Morgan fingerprint density at radius 3 is 2.00 bits per heavy atom. The Hall–Kier alpha value is -2.28. The maximum absolute atomic E-state index is 12.6. The van der Waals surface area contributed by atoms with Gasteiger partial charge in [-0.05, 0) is 59.1 Å². The predicted molar refractivity (Wildman–Crippen MR) is 110 cm³/mol. The molecule has 1 aromatic rings. The fraction of sp³-hybridized carbons (Fsp3) is 0.619. The third-order valence-electron chi connectivity index (χ3n) is 3.56. The smallest absolute Gasteiger partial charge is 0.410 e. The fourth-order valence-electron chi connectivity index (χ4n) is 2.34. The Kier molecular flexibility index (Phi) is 8.75. The molecule has 3 N–H and O–H groups in total. The molecule has 0 aliphatic rings. The van der Waals surface area contributed by atoms with E-state index in [1.165, 1.54) is 0 Å². The van der Waals surface area contributed by atoms with E-state index >= 15 is 0 Å². The number of hydrogen-bond acceptors (Lipinski definition) is 5. The number of nitrogens with zero attached hydrogens (tertiary/aromatic N) is 1. The normalized spacial score (nSPS) is 11.7. The monoisotopic (exact) mass is 393 g/mol. The third-order valence-corrected chi connectivity index (χ3v) is 3.56. The van der Waals surface area contributed by atoms with Gasteiger partial charge in [-0.25, -0.2) is 9.59 Å². The molecule has 0 saturated heterocycles. The standard InChI is InChI=1S/C21H35N3O4/c1-20(2,3)27-18(25)23-12-7-13-24(19(26)28-21(4,5)6)15-17-10-8-16(14-22)9-11-17/h8-11H,7,12-15,22H2,1-6H3,(H,23,25). The van der Waals surface area contributed by atoms with Gasteiger partial charge in [0.25, 0.3) is 0 Å². The quantitative estimate of drug-likeness (QED) is 0.687. The number of amides is 2. The minimum absolute atomic E-state index is 0.382. The van der Waals surface area contributed by atoms with Crippen LogP contribution >= 0.6 is 0 Å². The molecule has 0 saturated carbocycles. The van der Waals surface area contributed by atoms with Crippen LogP contribution in [0.25, 0.3) is 0 Å². The van der Waals surface area contributed by atoms with Crippen molar-refractivity contribution in [3.05, 3.63) is 35.4 Å². The summed E-state index contributed by atoms with van der Waals surface area (Å²) in [6.07, 6.45) is -0.263. The molecule has 7 heteroatoms. The zero-order valence-corrected chi connectivity index (χ0v) is 18.0. The minimum atomic E-state index is -0.576. The minimum Gasteiger partial charge on any atom is -0.444 e. The van der Waals surface area contributed by atoms with Gasteiger partial charge in [-0.1, -0.05) is 24.3 Å². The summed E-state index contributed by atoms with van der Waals surface area (Å²) in [6, 6.07) is 7.82. The molecule has 158 valence electrons. The van der Waals surface area contributed by atoms with E-state index in [0.717, 1.165) is 11.1 Å². The van der Waals surface area contributed by atoms with Crippen molar-refractivity contribution < 1.29 is 19.1 Å². The molecule has 1 aromatic carbocycles. The van der Waals surface area contributed by atoms with Gasteiger partial charge in [0.1, 0.15) is 11.2 Å². The van der Waals surface area contributed by atoms with Gasteiger partial charge in [-0.2, -0.15) is 0 Å². The van der Waals surface area contributed by atoms with Gasteiger partial charge in [-0.15, -0.1) is 0 Å². The molecule has 0 radical (unpaired) electrons. The number of carbonyl (C=O) groups excluding carboxylic acids is 2. The number of alkyl carbamates (subject to hydrolysis) is 1. The highest BCUT2D eigenvalue weighted by Gasteiger charge is 2.22. The Morgan fingerprint density at radius 1 is 0.964 bits per heavy atom. The van der Waals surface area contributed by atoms with E-state index in [2.05, 4.69) is 5.32 Å². The maximum atomic E-state index is 12.6. The molecule has 7 nitrogen and oxygen atoms in total. The first-order valence-corrected chi connectivity index (χ1v) is 9.62. The molecule has 0 atom stereocenters. The van der Waals surface area contributed by atoms with Crippen LogP contribution in [0.2, 0.25) is 0 Å². The molecule has 0 heterocycles. The third kappa shape index (κ3) is 10.2. The van der Waals surface area contributed by atoms with Crippen LogP contribution in [0.3, 0.4) is 0 Å². The lowest BCUT2D eigenvalue weighted by Crippen LogP contribution is -2.38. The highest BCUT2D eigenvalue weighted by molar-refractivity contribution is 5.68. The summed E-state index contributed by atoms with van der Waals surface area (Å²) in [4.78, 5) is 25.9. The number of hydrogen-bond donors (Lipinski definition) is 2. The first-order chi connectivity index (χ1) is 12.9. The number of benzene rings is 1. The van der Waals surface area contributed by atoms with Gasteiger partial charge in [-0.3, -0.25) is 0 Å². The van der Waals surface area contributed by atoms with Crippen LogP contribution < -0.4 is 11.1 Å². The summed E-state index contributed by atoms with van der Waals surface area (Å²) in [5.74, 6) is 0. The van der Waals surface area contributed by atoms with E-state index in [-0.39, 0.29) is 6.09 Å². The molecule has 0 unspecified atom stereocenters. The second-order valence-corrected chi connectivity index (χ2v) is 8.70. The molecular weight excluding hydrogens is 358 g/mol. The van der Waals surface area contributed by atoms with Crippen molar-refractivity contribution in [1.82, 2.24) is 10.2 Å². The van der Waals surface area contributed by atoms with Gasteiger partial charge in [0.05, 0.1) is 0 Å². The molecule has 2 amide bonds. The molecule has 0 aromatic heterocycles. The van der Waals surface area contributed by atoms with Crippen molar-refractivity contribution in [3.8, 4) is 0 Å². The van der Waals surface area contributed by atoms with Gasteiger partial charge in [0, 0.05) is 26.2 Å². The Morgan fingerprint density at radius 2 is 1.50 bits per heavy atom. The average Bonchev–Trinajstić information content (AvgIpc) is 2.55. The van der Waals surface area contributed by atoms with Crippen molar-refractivity contribution in [2.45, 2.75) is 72.3 Å². The lowest BCUT2D eigenvalue weighted by atomic mass is 10.1. The molecule has 1 rings (SSSR count). The van der Waals surface area contributed by atoms with E-state index in [1.807, 2.05) is 65.8 Å². The first-order valence-electron chi connectivity index (χ1n) is 9.62. The van der Waals surface area contributed by atoms with Crippen LogP contribution in [0.4, 0.5) is 9.59 Å².